The molecule has 1 rings (SSSR count). The lowest BCUT2D eigenvalue weighted by Gasteiger charge is -2.18. The minimum Gasteiger partial charge on any atom is -0.481 e. The van der Waals surface area contributed by atoms with Crippen molar-refractivity contribution in [3.8, 4) is 0 Å². The van der Waals surface area contributed by atoms with Crippen molar-refractivity contribution < 1.29 is 24.7 Å². The van der Waals surface area contributed by atoms with Gasteiger partial charge in [-0.2, -0.15) is 0 Å². The molecule has 0 amide bonds. The van der Waals surface area contributed by atoms with Crippen molar-refractivity contribution in [1.82, 2.24) is 0 Å². The Balaban J connectivity index is 2.69. The molecular weight excluding hydrogens is 362 g/mol. The van der Waals surface area contributed by atoms with Crippen LogP contribution < -0.4 is 0 Å². The lowest BCUT2D eigenvalue weighted by molar-refractivity contribution is -0.489. The Hall–Kier alpha value is -2.02. The Kier molecular flexibility index (Phi) is 11.3. The van der Waals surface area contributed by atoms with Crippen LogP contribution in [0, 0.1) is 27.9 Å². The Morgan fingerprint density at radius 1 is 1.32 bits per heavy atom. The number of carboxylic acids is 1. The quantitative estimate of drug-likeness (QED) is 0.200. The molecule has 4 atom stereocenters. The highest BCUT2D eigenvalue weighted by atomic mass is 16.6. The van der Waals surface area contributed by atoms with Gasteiger partial charge in [0.2, 0.25) is 6.54 Å². The summed E-state index contributed by atoms with van der Waals surface area (Å²) in [6.45, 7) is 1.85. The van der Waals surface area contributed by atoms with E-state index in [1.54, 1.807) is 12.2 Å². The van der Waals surface area contributed by atoms with Crippen LogP contribution in [-0.2, 0) is 9.59 Å². The van der Waals surface area contributed by atoms with Crippen molar-refractivity contribution in [3.05, 3.63) is 34.4 Å². The van der Waals surface area contributed by atoms with Gasteiger partial charge in [-0.15, -0.1) is 0 Å². The maximum Gasteiger partial charge on any atom is 0.303 e. The van der Waals surface area contributed by atoms with Crippen LogP contribution in [0.5, 0.6) is 0 Å². The Labute approximate surface area is 166 Å². The zero-order valence-corrected chi connectivity index (χ0v) is 16.7. The van der Waals surface area contributed by atoms with Gasteiger partial charge in [-0.3, -0.25) is 19.7 Å². The van der Waals surface area contributed by atoms with Gasteiger partial charge >= 0.3 is 5.97 Å². The zero-order valence-electron chi connectivity index (χ0n) is 16.7. The van der Waals surface area contributed by atoms with E-state index in [2.05, 4.69) is 6.92 Å². The van der Waals surface area contributed by atoms with Crippen LogP contribution in [0.25, 0.3) is 0 Å². The zero-order chi connectivity index (χ0) is 20.9. The van der Waals surface area contributed by atoms with E-state index < -0.39 is 12.1 Å². The second-order valence-electron chi connectivity index (χ2n) is 7.57. The summed E-state index contributed by atoms with van der Waals surface area (Å²) in [5.41, 5.74) is 0. The number of nitro groups is 1. The summed E-state index contributed by atoms with van der Waals surface area (Å²) in [4.78, 5) is 33.5. The first kappa shape index (κ1) is 24.0. The third-order valence-electron chi connectivity index (χ3n) is 5.25. The van der Waals surface area contributed by atoms with Gasteiger partial charge < -0.3 is 10.2 Å². The maximum absolute atomic E-state index is 12.4. The summed E-state index contributed by atoms with van der Waals surface area (Å²) < 4.78 is 0. The van der Waals surface area contributed by atoms with Gasteiger partial charge in [-0.1, -0.05) is 50.5 Å². The molecule has 0 aliphatic heterocycles. The van der Waals surface area contributed by atoms with Crippen molar-refractivity contribution in [3.63, 3.8) is 0 Å². The predicted octanol–water partition coefficient (Wildman–Crippen LogP) is 3.78. The van der Waals surface area contributed by atoms with E-state index >= 15 is 0 Å². The summed E-state index contributed by atoms with van der Waals surface area (Å²) in [5, 5.41) is 29.7. The third-order valence-corrected chi connectivity index (χ3v) is 5.25. The van der Waals surface area contributed by atoms with Gasteiger partial charge in [0, 0.05) is 29.6 Å². The number of nitrogens with zero attached hydrogens (tertiary/aromatic N) is 1. The van der Waals surface area contributed by atoms with Crippen molar-refractivity contribution in [1.29, 1.82) is 0 Å². The highest BCUT2D eigenvalue weighted by molar-refractivity contribution is 5.84. The number of Topliss-reactive ketones (excluding diaryl/α,β-unsaturated/α-hetero) is 1. The summed E-state index contributed by atoms with van der Waals surface area (Å²) >= 11 is 0. The molecule has 7 heteroatoms. The first-order chi connectivity index (χ1) is 13.3. The van der Waals surface area contributed by atoms with Crippen molar-refractivity contribution in [2.24, 2.45) is 17.8 Å². The SMILES string of the molecule is CCCCCC(O)C=CC1C(C[N+](=O)[O-])CC(=O)C1CC=CCCCC(=O)O. The number of unbranched alkanes of at least 4 members (excludes halogenated alkanes) is 3. The highest BCUT2D eigenvalue weighted by Gasteiger charge is 2.42. The van der Waals surface area contributed by atoms with E-state index in [-0.39, 0.29) is 47.8 Å². The molecule has 0 spiro atoms. The van der Waals surface area contributed by atoms with Crippen molar-refractivity contribution >= 4 is 11.8 Å². The minimum atomic E-state index is -0.829. The third kappa shape index (κ3) is 9.26. The summed E-state index contributed by atoms with van der Waals surface area (Å²) in [6, 6.07) is 0. The topological polar surface area (TPSA) is 118 Å². The van der Waals surface area contributed by atoms with E-state index in [1.165, 1.54) is 0 Å². The molecule has 0 radical (unpaired) electrons. The summed E-state index contributed by atoms with van der Waals surface area (Å²) in [6.07, 6.45) is 12.3. The van der Waals surface area contributed by atoms with Gasteiger partial charge in [0.1, 0.15) is 5.78 Å². The number of carbonyl (C=O) groups excluding carboxylic acids is 1. The van der Waals surface area contributed by atoms with E-state index in [1.807, 2.05) is 12.2 Å². The predicted molar refractivity (Wildman–Crippen MR) is 106 cm³/mol. The van der Waals surface area contributed by atoms with E-state index in [0.717, 1.165) is 19.3 Å². The average Bonchev–Trinajstić information content (AvgIpc) is 2.90. The lowest BCUT2D eigenvalue weighted by Crippen LogP contribution is -2.21. The Morgan fingerprint density at radius 2 is 2.07 bits per heavy atom. The van der Waals surface area contributed by atoms with Gasteiger partial charge in [0.15, 0.2) is 0 Å². The molecule has 1 fully saturated rings. The number of aliphatic hydroxyl groups excluding tert-OH is 1. The van der Waals surface area contributed by atoms with Gasteiger partial charge in [0.05, 0.1) is 6.10 Å². The summed E-state index contributed by atoms with van der Waals surface area (Å²) in [7, 11) is 0. The van der Waals surface area contributed by atoms with Crippen LogP contribution in [0.2, 0.25) is 0 Å². The number of rotatable bonds is 14. The number of allylic oxidation sites excluding steroid dienone is 3. The van der Waals surface area contributed by atoms with Crippen molar-refractivity contribution in [2.75, 3.05) is 6.54 Å². The fraction of sp³-hybridized carbons (Fsp3) is 0.714. The number of hydrogen-bond acceptors (Lipinski definition) is 5. The molecule has 28 heavy (non-hydrogen) atoms. The van der Waals surface area contributed by atoms with Crippen LogP contribution in [0.15, 0.2) is 24.3 Å². The smallest absolute Gasteiger partial charge is 0.303 e. The van der Waals surface area contributed by atoms with Crippen LogP contribution in [-0.4, -0.2) is 39.5 Å². The van der Waals surface area contributed by atoms with Crippen LogP contribution in [0.4, 0.5) is 0 Å². The van der Waals surface area contributed by atoms with E-state index in [0.29, 0.717) is 25.7 Å². The highest BCUT2D eigenvalue weighted by Crippen LogP contribution is 2.38. The van der Waals surface area contributed by atoms with Gasteiger partial charge in [0.25, 0.3) is 0 Å². The molecule has 0 aromatic heterocycles. The fourth-order valence-corrected chi connectivity index (χ4v) is 3.73. The van der Waals surface area contributed by atoms with Crippen molar-refractivity contribution in [2.45, 2.75) is 70.8 Å². The molecule has 0 heterocycles. The Bertz CT molecular complexity index is 571. The molecule has 0 aromatic rings. The lowest BCUT2D eigenvalue weighted by atomic mass is 9.86. The Morgan fingerprint density at radius 3 is 2.71 bits per heavy atom. The first-order valence-corrected chi connectivity index (χ1v) is 10.2. The van der Waals surface area contributed by atoms with Gasteiger partial charge in [-0.25, -0.2) is 0 Å². The molecule has 2 N–H and O–H groups in total. The first-order valence-electron chi connectivity index (χ1n) is 10.2. The number of aliphatic carboxylic acids is 1. The molecule has 158 valence electrons. The molecule has 0 saturated heterocycles. The molecule has 1 aliphatic rings. The number of carbonyl (C=O) groups is 2. The molecular formula is C21H33NO6. The molecule has 7 nitrogen and oxygen atoms in total. The normalized spacial score (nSPS) is 23.6. The number of aliphatic hydroxyl groups is 1. The standard InChI is InChI=1S/C21H33NO6/c1-2-3-6-9-17(23)12-13-18-16(15-22(27)28)14-20(24)19(18)10-7-4-5-8-11-21(25)26/h4,7,12-13,16-19,23H,2-3,5-6,8-11,14-15H2,1H3,(H,25,26). The second kappa shape index (κ2) is 13.2. The van der Waals surface area contributed by atoms with E-state index in [4.69, 9.17) is 5.11 Å². The van der Waals surface area contributed by atoms with E-state index in [9.17, 15) is 24.8 Å². The number of carboxylic acid groups (broad SMARTS) is 1. The summed E-state index contributed by atoms with van der Waals surface area (Å²) in [5.74, 6) is -1.71. The molecule has 0 bridgehead atoms. The fourth-order valence-electron chi connectivity index (χ4n) is 3.73. The molecule has 1 aliphatic carbocycles. The monoisotopic (exact) mass is 395 g/mol. The largest absolute Gasteiger partial charge is 0.481 e. The number of ketones is 1. The van der Waals surface area contributed by atoms with Crippen LogP contribution in [0.1, 0.15) is 64.7 Å². The second-order valence-corrected chi connectivity index (χ2v) is 7.57. The van der Waals surface area contributed by atoms with Crippen LogP contribution >= 0.6 is 0 Å². The van der Waals surface area contributed by atoms with Gasteiger partial charge in [-0.05, 0) is 31.6 Å². The number of hydrogen-bond donors (Lipinski definition) is 2. The van der Waals surface area contributed by atoms with Crippen LogP contribution in [0.3, 0.4) is 0 Å². The minimum absolute atomic E-state index is 0.0251. The molecule has 0 aromatic carbocycles. The molecule has 1 saturated carbocycles. The molecule has 4 unspecified atom stereocenters. The maximum atomic E-state index is 12.4. The average molecular weight is 395 g/mol.